The van der Waals surface area contributed by atoms with E-state index in [1.54, 1.807) is 4.68 Å². The predicted octanol–water partition coefficient (Wildman–Crippen LogP) is 5.37. The van der Waals surface area contributed by atoms with Crippen LogP contribution < -0.4 is 16.0 Å². The van der Waals surface area contributed by atoms with Gasteiger partial charge < -0.3 is 16.0 Å². The first-order chi connectivity index (χ1) is 17.0. The molecule has 174 valence electrons. The Morgan fingerprint density at radius 2 is 1.37 bits per heavy atom. The van der Waals surface area contributed by atoms with Gasteiger partial charge >= 0.3 is 0 Å². The molecule has 35 heavy (non-hydrogen) atoms. The highest BCUT2D eigenvalue weighted by Crippen LogP contribution is 2.38. The molecule has 2 heterocycles. The molecular weight excluding hydrogens is 438 g/mol. The quantitative estimate of drug-likeness (QED) is 0.371. The van der Waals surface area contributed by atoms with Crippen LogP contribution in [-0.4, -0.2) is 21.6 Å². The van der Waals surface area contributed by atoms with Gasteiger partial charge in [-0.05, 0) is 43.7 Å². The summed E-state index contributed by atoms with van der Waals surface area (Å²) in [6, 6.07) is 26.1. The van der Waals surface area contributed by atoms with Crippen LogP contribution in [0.5, 0.6) is 0 Å². The number of nitrogens with one attached hydrogen (secondary N) is 3. The highest BCUT2D eigenvalue weighted by atomic mass is 16.2. The predicted molar refractivity (Wildman–Crippen MR) is 137 cm³/mol. The molecule has 2 amide bonds. The van der Waals surface area contributed by atoms with Crippen LogP contribution in [0.1, 0.15) is 34.5 Å². The summed E-state index contributed by atoms with van der Waals surface area (Å²) < 4.78 is 1.71. The van der Waals surface area contributed by atoms with Crippen LogP contribution in [0.2, 0.25) is 0 Å². The highest BCUT2D eigenvalue weighted by Gasteiger charge is 2.35. The minimum atomic E-state index is -0.506. The molecule has 7 heteroatoms. The summed E-state index contributed by atoms with van der Waals surface area (Å²) in [7, 11) is 0. The van der Waals surface area contributed by atoms with Crippen LogP contribution in [-0.2, 0) is 4.79 Å². The molecule has 1 atom stereocenters. The van der Waals surface area contributed by atoms with Crippen molar-refractivity contribution in [2.75, 3.05) is 16.0 Å². The number of fused-ring (bicyclic) bond motifs is 1. The average molecular weight is 464 g/mol. The Morgan fingerprint density at radius 1 is 0.800 bits per heavy atom. The van der Waals surface area contributed by atoms with Crippen LogP contribution in [0.25, 0.3) is 0 Å². The number of carbonyl (C=O) groups excluding carboxylic acids is 2. The second-order valence-electron chi connectivity index (χ2n) is 8.47. The molecule has 1 aliphatic heterocycles. The molecule has 1 aliphatic rings. The van der Waals surface area contributed by atoms with E-state index in [1.807, 2.05) is 98.8 Å². The second kappa shape index (κ2) is 9.30. The number of carbonyl (C=O) groups is 2. The van der Waals surface area contributed by atoms with Gasteiger partial charge in [0.2, 0.25) is 0 Å². The molecule has 0 radical (unpaired) electrons. The van der Waals surface area contributed by atoms with Gasteiger partial charge in [0.1, 0.15) is 17.4 Å². The topological polar surface area (TPSA) is 88.0 Å². The molecule has 0 fully saturated rings. The molecule has 7 nitrogen and oxygen atoms in total. The van der Waals surface area contributed by atoms with Crippen molar-refractivity contribution in [3.05, 3.63) is 119 Å². The number of nitrogens with zero attached hydrogens (tertiary/aromatic N) is 2. The third-order valence-electron chi connectivity index (χ3n) is 5.97. The number of allylic oxidation sites excluding steroid dienone is 1. The highest BCUT2D eigenvalue weighted by molar-refractivity contribution is 6.09. The lowest BCUT2D eigenvalue weighted by molar-refractivity contribution is -0.113. The normalized spacial score (nSPS) is 14.6. The Labute approximate surface area is 203 Å². The van der Waals surface area contributed by atoms with Crippen molar-refractivity contribution >= 4 is 29.0 Å². The summed E-state index contributed by atoms with van der Waals surface area (Å²) in [5.41, 5.74) is 4.99. The summed E-state index contributed by atoms with van der Waals surface area (Å²) in [6.45, 7) is 3.86. The van der Waals surface area contributed by atoms with E-state index < -0.39 is 6.04 Å². The minimum Gasteiger partial charge on any atom is -0.343 e. The molecule has 0 saturated carbocycles. The molecule has 0 bridgehead atoms. The largest absolute Gasteiger partial charge is 0.343 e. The second-order valence-corrected chi connectivity index (χ2v) is 8.47. The summed E-state index contributed by atoms with van der Waals surface area (Å²) in [4.78, 5) is 26.6. The van der Waals surface area contributed by atoms with Gasteiger partial charge in [-0.15, -0.1) is 0 Å². The molecule has 5 rings (SSSR count). The Morgan fingerprint density at radius 3 is 1.97 bits per heavy atom. The fourth-order valence-electron chi connectivity index (χ4n) is 4.21. The number of hydrogen-bond donors (Lipinski definition) is 3. The molecule has 0 saturated heterocycles. The lowest BCUT2D eigenvalue weighted by Gasteiger charge is -2.30. The maximum atomic E-state index is 13.5. The van der Waals surface area contributed by atoms with E-state index in [-0.39, 0.29) is 11.8 Å². The van der Waals surface area contributed by atoms with Gasteiger partial charge in [-0.3, -0.25) is 9.59 Å². The minimum absolute atomic E-state index is 0.233. The zero-order valence-electron chi connectivity index (χ0n) is 19.4. The summed E-state index contributed by atoms with van der Waals surface area (Å²) in [6.07, 6.45) is 1.53. The van der Waals surface area contributed by atoms with E-state index in [4.69, 9.17) is 0 Å². The first-order valence-electron chi connectivity index (χ1n) is 11.4. The van der Waals surface area contributed by atoms with Crippen LogP contribution >= 0.6 is 0 Å². The summed E-state index contributed by atoms with van der Waals surface area (Å²) >= 11 is 0. The van der Waals surface area contributed by atoms with Crippen LogP contribution in [0, 0.1) is 6.92 Å². The van der Waals surface area contributed by atoms with Crippen molar-refractivity contribution in [2.24, 2.45) is 0 Å². The van der Waals surface area contributed by atoms with Crippen molar-refractivity contribution in [3.63, 3.8) is 0 Å². The van der Waals surface area contributed by atoms with Crippen molar-refractivity contribution in [2.45, 2.75) is 19.9 Å². The number of hydrogen-bond acceptors (Lipinski definition) is 4. The van der Waals surface area contributed by atoms with E-state index in [0.717, 1.165) is 11.1 Å². The average Bonchev–Trinajstić information content (AvgIpc) is 3.28. The van der Waals surface area contributed by atoms with Crippen molar-refractivity contribution in [3.8, 4) is 0 Å². The Hall–Kier alpha value is -4.65. The molecule has 4 aromatic rings. The van der Waals surface area contributed by atoms with E-state index >= 15 is 0 Å². The van der Waals surface area contributed by atoms with Crippen LogP contribution in [0.4, 0.5) is 17.2 Å². The van der Waals surface area contributed by atoms with Crippen LogP contribution in [0.15, 0.2) is 102 Å². The Balaban J connectivity index is 1.55. The first-order valence-corrected chi connectivity index (χ1v) is 11.4. The number of para-hydroxylation sites is 2. The lowest BCUT2D eigenvalue weighted by Crippen LogP contribution is -2.32. The molecule has 3 aromatic carbocycles. The van der Waals surface area contributed by atoms with E-state index in [9.17, 15) is 9.59 Å². The van der Waals surface area contributed by atoms with Gasteiger partial charge in [0.25, 0.3) is 11.8 Å². The van der Waals surface area contributed by atoms with E-state index in [1.165, 1.54) is 6.20 Å². The molecule has 1 unspecified atom stereocenters. The van der Waals surface area contributed by atoms with Gasteiger partial charge in [0.05, 0.1) is 11.8 Å². The van der Waals surface area contributed by atoms with Crippen molar-refractivity contribution in [1.82, 2.24) is 9.78 Å². The summed E-state index contributed by atoms with van der Waals surface area (Å²) in [5.74, 6) is 0.0265. The third kappa shape index (κ3) is 4.44. The van der Waals surface area contributed by atoms with Gasteiger partial charge in [0, 0.05) is 17.1 Å². The molecule has 1 aromatic heterocycles. The molecule has 3 N–H and O–H groups in total. The molecule has 0 spiro atoms. The molecular formula is C28H25N5O2. The standard InChI is InChI=1S/C28H25N5O2/c1-18-13-15-20(16-14-18)25-24(28(35)32-22-11-7-4-8-12-22)19(2)30-26-23(17-29-33(25)26)27(34)31-21-9-5-3-6-10-21/h3-17,25,30H,1-2H3,(H,31,34)(H,32,35). The maximum absolute atomic E-state index is 13.5. The van der Waals surface area contributed by atoms with Gasteiger partial charge in [-0.25, -0.2) is 4.68 Å². The smallest absolute Gasteiger partial charge is 0.261 e. The van der Waals surface area contributed by atoms with Gasteiger partial charge in [-0.2, -0.15) is 5.10 Å². The fraction of sp³-hybridized carbons (Fsp3) is 0.107. The van der Waals surface area contributed by atoms with E-state index in [2.05, 4.69) is 21.0 Å². The monoisotopic (exact) mass is 463 g/mol. The molecule has 0 aliphatic carbocycles. The van der Waals surface area contributed by atoms with Gasteiger partial charge in [-0.1, -0.05) is 66.2 Å². The van der Waals surface area contributed by atoms with Crippen molar-refractivity contribution in [1.29, 1.82) is 0 Å². The number of amides is 2. The maximum Gasteiger partial charge on any atom is 0.261 e. The van der Waals surface area contributed by atoms with Crippen molar-refractivity contribution < 1.29 is 9.59 Å². The zero-order valence-corrected chi connectivity index (χ0v) is 19.4. The van der Waals surface area contributed by atoms with E-state index in [0.29, 0.717) is 34.0 Å². The number of benzene rings is 3. The number of anilines is 3. The first kappa shape index (κ1) is 22.2. The van der Waals surface area contributed by atoms with Gasteiger partial charge in [0.15, 0.2) is 0 Å². The fourth-order valence-corrected chi connectivity index (χ4v) is 4.21. The van der Waals surface area contributed by atoms with Crippen LogP contribution in [0.3, 0.4) is 0 Å². The Kier molecular flexibility index (Phi) is 5.89. The Bertz CT molecular complexity index is 1410. The number of aromatic nitrogens is 2. The zero-order chi connectivity index (χ0) is 24.4. The number of aryl methyl sites for hydroxylation is 1. The lowest BCUT2D eigenvalue weighted by atomic mass is 9.94. The third-order valence-corrected chi connectivity index (χ3v) is 5.97. The number of rotatable bonds is 5. The SMILES string of the molecule is CC1=C(C(=O)Nc2ccccc2)C(c2ccc(C)cc2)n2ncc(C(=O)Nc3ccccc3)c2N1. The summed E-state index contributed by atoms with van der Waals surface area (Å²) in [5, 5.41) is 13.7.